The molecule has 0 radical (unpaired) electrons. The minimum atomic E-state index is -0.904. The molecule has 6 aromatic heterocycles. The molecule has 0 amide bonds. The summed E-state index contributed by atoms with van der Waals surface area (Å²) in [5, 5.41) is 12.3. The molecule has 0 aliphatic carbocycles. The van der Waals surface area contributed by atoms with Crippen LogP contribution in [0.3, 0.4) is 0 Å². The van der Waals surface area contributed by atoms with Gasteiger partial charge in [0.05, 0.1) is 54.1 Å². The topological polar surface area (TPSA) is 243 Å². The van der Waals surface area contributed by atoms with E-state index in [9.17, 15) is 19.5 Å². The first-order valence-electron chi connectivity index (χ1n) is 31.1. The van der Waals surface area contributed by atoms with Gasteiger partial charge in [-0.25, -0.2) is 28.5 Å². The van der Waals surface area contributed by atoms with Crippen molar-refractivity contribution >= 4 is 62.3 Å². The summed E-state index contributed by atoms with van der Waals surface area (Å²) in [7, 11) is 0. The Morgan fingerprint density at radius 3 is 1.53 bits per heavy atom. The number of carbonyl (C=O) groups excluding carboxylic acids is 3. The number of carbonyl (C=O) groups is 3. The number of aliphatic hydroxyl groups excluding tert-OH is 1. The van der Waals surface area contributed by atoms with E-state index in [0.717, 1.165) is 70.2 Å². The van der Waals surface area contributed by atoms with Crippen molar-refractivity contribution in [3.8, 4) is 0 Å². The summed E-state index contributed by atoms with van der Waals surface area (Å²) in [6.45, 7) is 20.1. The van der Waals surface area contributed by atoms with Crippen LogP contribution in [0.4, 0.5) is 0 Å². The molecule has 8 bridgehead atoms. The first-order chi connectivity index (χ1) is 42.9. The minimum Gasteiger partial charge on any atom is -0.657 e. The third-order valence-corrected chi connectivity index (χ3v) is 16.4. The van der Waals surface area contributed by atoms with E-state index in [4.69, 9.17) is 51.3 Å². The molecule has 2 aliphatic rings. The van der Waals surface area contributed by atoms with E-state index in [1.165, 1.54) is 16.7 Å². The Bertz CT molecular complexity index is 3830. The number of allylic oxidation sites excluding steroid dienone is 9. The summed E-state index contributed by atoms with van der Waals surface area (Å²) in [4.78, 5) is 62.8. The van der Waals surface area contributed by atoms with Gasteiger partial charge in [-0.05, 0) is 135 Å². The summed E-state index contributed by atoms with van der Waals surface area (Å²) in [5.41, 5.74) is 33.5. The maximum Gasteiger partial charge on any atom is 4.00 e. The third kappa shape index (κ3) is 19.0. The predicted molar refractivity (Wildman–Crippen MR) is 347 cm³/mol. The van der Waals surface area contributed by atoms with Gasteiger partial charge in [0.1, 0.15) is 19.8 Å². The Balaban J connectivity index is 0.0000115. The fourth-order valence-corrected chi connectivity index (χ4v) is 11.1. The number of ether oxygens (including phenoxy) is 3. The molecule has 8 rings (SSSR count). The van der Waals surface area contributed by atoms with Gasteiger partial charge in [-0.2, -0.15) is 0 Å². The molecule has 6 aromatic rings. The number of hydrogen-bond donors (Lipinski definition) is 4. The van der Waals surface area contributed by atoms with Crippen LogP contribution in [0, 0.1) is 13.8 Å². The van der Waals surface area contributed by atoms with Crippen molar-refractivity contribution in [2.45, 2.75) is 165 Å². The van der Waals surface area contributed by atoms with Gasteiger partial charge in [0.2, 0.25) is 0 Å². The second kappa shape index (κ2) is 33.7. The van der Waals surface area contributed by atoms with E-state index in [0.29, 0.717) is 115 Å². The first-order valence-corrected chi connectivity index (χ1v) is 31.1. The van der Waals surface area contributed by atoms with Gasteiger partial charge in [-0.1, -0.05) is 69.8 Å². The number of hydrogen-bond acceptors (Lipinski definition) is 12. The summed E-state index contributed by atoms with van der Waals surface area (Å²) in [6.07, 6.45) is 23.1. The van der Waals surface area contributed by atoms with Crippen molar-refractivity contribution in [3.05, 3.63) is 195 Å². The number of aliphatic hydroxyl groups is 1. The number of esters is 3. The minimum absolute atomic E-state index is 0. The van der Waals surface area contributed by atoms with Gasteiger partial charge in [0.25, 0.3) is 0 Å². The summed E-state index contributed by atoms with van der Waals surface area (Å²) < 4.78 is 23.6. The van der Waals surface area contributed by atoms with E-state index in [2.05, 4.69) is 45.9 Å². The van der Waals surface area contributed by atoms with E-state index < -0.39 is 12.1 Å². The van der Waals surface area contributed by atoms with Crippen molar-refractivity contribution in [2.75, 3.05) is 19.6 Å². The molecule has 8 heterocycles. The number of rotatable bonds is 29. The molecule has 17 nitrogen and oxygen atoms in total. The van der Waals surface area contributed by atoms with Crippen LogP contribution in [0.1, 0.15) is 167 Å². The van der Waals surface area contributed by atoms with Crippen LogP contribution in [0.2, 0.25) is 0 Å². The monoisotopic (exact) mass is 1260 g/mol. The van der Waals surface area contributed by atoms with Gasteiger partial charge < -0.3 is 46.5 Å². The molecule has 1 unspecified atom stereocenters. The molecule has 7 N–H and O–H groups in total. The van der Waals surface area contributed by atoms with Crippen molar-refractivity contribution in [3.63, 3.8) is 0 Å². The van der Waals surface area contributed by atoms with Gasteiger partial charge in [0, 0.05) is 65.9 Å². The summed E-state index contributed by atoms with van der Waals surface area (Å²) >= 11 is 0. The van der Waals surface area contributed by atoms with Crippen LogP contribution in [0.5, 0.6) is 0 Å². The Morgan fingerprint density at radius 2 is 0.989 bits per heavy atom. The molecule has 18 heteroatoms. The van der Waals surface area contributed by atoms with Crippen LogP contribution >= 0.6 is 0 Å². The van der Waals surface area contributed by atoms with Crippen molar-refractivity contribution < 1.29 is 64.5 Å². The van der Waals surface area contributed by atoms with Gasteiger partial charge >= 0.3 is 35.0 Å². The van der Waals surface area contributed by atoms with Crippen LogP contribution in [-0.2, 0) is 91.5 Å². The van der Waals surface area contributed by atoms with E-state index in [1.54, 1.807) is 6.07 Å². The van der Waals surface area contributed by atoms with E-state index >= 15 is 0 Å². The number of nitrogens with two attached hydrogens (primary N) is 3. The third-order valence-electron chi connectivity index (χ3n) is 16.4. The quantitative estimate of drug-likeness (QED) is 0.0112. The van der Waals surface area contributed by atoms with Gasteiger partial charge in [0.15, 0.2) is 56.8 Å². The van der Waals surface area contributed by atoms with Crippen molar-refractivity contribution in [1.82, 2.24) is 19.9 Å². The largest absolute Gasteiger partial charge is 4.00 e. The molecule has 0 spiro atoms. The van der Waals surface area contributed by atoms with Crippen LogP contribution < -0.4 is 40.9 Å². The molecular weight excluding hydrogens is 1170 g/mol. The number of pyridine rings is 3. The Hall–Kier alpha value is -7.96. The standard InChI is InChI=1S/C72H89N10O7.Fe/c1-47(2)12-9-13-48(3)14-10-15-49(4)16-11-17-67(83)70-52(7)61-40-59-50(5)57(18-20-68(84)87-44-54-22-31-80(32-23-54)37-28-73)63(76-59)43-64-58(19-21-69(85)88-45-55-24-33-81(34-25-55)38-29-74)51(6)60(77-64)41-66-71(53(8)62(79-66)42-65(70)78-61)72(86)89-46-56-26-35-82(36-27-56)39-30-75;/h12,14,16,22-27,31-36,40-43,67,83H,9-11,13,15,17-21,28-30,37-39,44-46,73-75H2,1-8H3;/q+1;+4/b48-14+,49-16+,59-40?,60-41?,61-40?,62-42?,63-43?,64-43?,65-42?,66-41?;. The molecule has 0 aromatic carbocycles. The molecule has 0 saturated carbocycles. The molecule has 90 heavy (non-hydrogen) atoms. The van der Waals surface area contributed by atoms with Crippen molar-refractivity contribution in [1.29, 1.82) is 0 Å². The van der Waals surface area contributed by atoms with Crippen molar-refractivity contribution in [2.24, 2.45) is 17.2 Å². The normalized spacial score (nSPS) is 12.9. The zero-order valence-electron chi connectivity index (χ0n) is 53.6. The number of fused-ring (bicyclic) bond motifs is 8. The second-order valence-corrected chi connectivity index (χ2v) is 23.5. The second-order valence-electron chi connectivity index (χ2n) is 23.5. The smallest absolute Gasteiger partial charge is 0.657 e. The number of aryl methyl sites for hydroxylation is 3. The maximum absolute atomic E-state index is 14.6. The van der Waals surface area contributed by atoms with Crippen LogP contribution in [0.15, 0.2) is 133 Å². The van der Waals surface area contributed by atoms with Gasteiger partial charge in [-0.3, -0.25) is 9.59 Å². The van der Waals surface area contributed by atoms with E-state index in [1.807, 2.05) is 133 Å². The zero-order valence-corrected chi connectivity index (χ0v) is 54.7. The van der Waals surface area contributed by atoms with Gasteiger partial charge in [-0.15, -0.1) is 22.1 Å². The molecule has 472 valence electrons. The predicted octanol–water partition coefficient (Wildman–Crippen LogP) is 9.96. The fourth-order valence-electron chi connectivity index (χ4n) is 11.1. The molecule has 2 aliphatic heterocycles. The average molecular weight is 1260 g/mol. The first kappa shape index (κ1) is 69.5. The summed E-state index contributed by atoms with van der Waals surface area (Å²) in [5.74, 6) is -1.34. The molecule has 0 saturated heterocycles. The average Bonchev–Trinajstić information content (AvgIpc) is 1.64. The number of aromatic nitrogens is 7. The Kier molecular flexibility index (Phi) is 26.1. The fraction of sp³-hybridized carbons (Fsp3) is 0.389. The van der Waals surface area contributed by atoms with E-state index in [-0.39, 0.29) is 73.7 Å². The summed E-state index contributed by atoms with van der Waals surface area (Å²) in [6, 6.07) is 18.9. The Morgan fingerprint density at radius 1 is 0.544 bits per heavy atom. The zero-order chi connectivity index (χ0) is 63.6. The SMILES string of the molecule is CC(C)=CCC/C(C)=C/CC/C(C)=C/CCC(O)c1c(C)c2cc3nc(cc4[n-]c(cc5nc(cc1[n-]2)C(C)=C5C(=O)OCc1cc[n+](CCN)cc1)c(C)c4CCC(=O)OCc1cc[n+](CCN)cc1)C(CCC(=O)OCc1cc[n+](CCN)cc1)=C3C.[Fe+4]. The maximum atomic E-state index is 14.6. The number of nitrogens with zero attached hydrogens (tertiary/aromatic N) is 7. The molecule has 0 fully saturated rings. The Labute approximate surface area is 540 Å². The molecule has 1 atom stereocenters. The van der Waals surface area contributed by atoms with Crippen LogP contribution in [0.25, 0.3) is 44.4 Å². The van der Waals surface area contributed by atoms with Crippen LogP contribution in [-0.4, -0.2) is 52.6 Å². The molecular formula is C72H89FeN10O7+5.